The molecule has 4 aliphatic rings. The molecule has 270 valence electrons. The minimum atomic E-state index is 0.203. The van der Waals surface area contributed by atoms with Gasteiger partial charge in [0.15, 0.2) is 0 Å². The zero-order valence-electron chi connectivity index (χ0n) is 31.9. The molecule has 0 bridgehead atoms. The van der Waals surface area contributed by atoms with Gasteiger partial charge < -0.3 is 0 Å². The number of benzene rings is 9. The second-order valence-electron chi connectivity index (χ2n) is 16.6. The molecule has 9 aromatic carbocycles. The van der Waals surface area contributed by atoms with Gasteiger partial charge in [0.1, 0.15) is 0 Å². The highest BCUT2D eigenvalue weighted by Gasteiger charge is 2.44. The largest absolute Gasteiger partial charge is 0.0622 e. The highest BCUT2D eigenvalue weighted by atomic mass is 14.5. The molecule has 0 aliphatic heterocycles. The van der Waals surface area contributed by atoms with Crippen molar-refractivity contribution in [2.45, 2.75) is 23.7 Å². The van der Waals surface area contributed by atoms with E-state index < -0.39 is 0 Å². The molecule has 0 spiro atoms. The second-order valence-corrected chi connectivity index (χ2v) is 16.6. The average molecular weight is 735 g/mol. The lowest BCUT2D eigenvalue weighted by Gasteiger charge is -2.33. The van der Waals surface area contributed by atoms with Crippen LogP contribution in [0.1, 0.15) is 68.2 Å². The Morgan fingerprint density at radius 3 is 0.759 bits per heavy atom. The molecule has 0 nitrogen and oxygen atoms in total. The molecule has 0 radical (unpaired) electrons. The summed E-state index contributed by atoms with van der Waals surface area (Å²) in [7, 11) is 0. The first kappa shape index (κ1) is 32.1. The molecule has 0 fully saturated rings. The van der Waals surface area contributed by atoms with Gasteiger partial charge in [0.05, 0.1) is 0 Å². The summed E-state index contributed by atoms with van der Waals surface area (Å²) >= 11 is 0. The van der Waals surface area contributed by atoms with E-state index in [1.807, 2.05) is 0 Å². The van der Waals surface area contributed by atoms with Crippen molar-refractivity contribution in [3.05, 3.63) is 272 Å². The standard InChI is InChI=1S/C58H38/c1-3-15-37(16-4-1)51-41-23-7-9-25-43(41)53(57-47-29-13-21-35-19-11-27-45(49(35)47)55(51)57)39-31-33-40(34-32-39)54-44-26-10-8-24-42(44)52(38-17-5-2-6-18-38)56-46-28-12-20-36-22-14-30-48(50(36)46)58(54)56/h1-34,55-58H. The molecule has 0 saturated heterocycles. The van der Waals surface area contributed by atoms with Crippen LogP contribution in [0.4, 0.5) is 0 Å². The van der Waals surface area contributed by atoms with Crippen LogP contribution in [-0.2, 0) is 0 Å². The maximum absolute atomic E-state index is 2.44. The molecule has 4 aliphatic carbocycles. The van der Waals surface area contributed by atoms with Gasteiger partial charge in [0, 0.05) is 23.7 Å². The van der Waals surface area contributed by atoms with E-state index >= 15 is 0 Å². The summed E-state index contributed by atoms with van der Waals surface area (Å²) in [6.07, 6.45) is 0. The number of hydrogen-bond donors (Lipinski definition) is 0. The van der Waals surface area contributed by atoms with Gasteiger partial charge >= 0.3 is 0 Å². The van der Waals surface area contributed by atoms with Gasteiger partial charge in [0.2, 0.25) is 0 Å². The van der Waals surface area contributed by atoms with Gasteiger partial charge in [-0.1, -0.05) is 206 Å². The Hall–Kier alpha value is -7.02. The predicted octanol–water partition coefficient (Wildman–Crippen LogP) is 10.6. The third-order valence-corrected chi connectivity index (χ3v) is 13.9. The zero-order chi connectivity index (χ0) is 37.9. The minimum absolute atomic E-state index is 0.203. The molecular formula is C58H38. The van der Waals surface area contributed by atoms with E-state index in [1.54, 1.807) is 0 Å². The Bertz CT molecular complexity index is 3200. The normalized spacial score (nSPS) is 19.6. The first-order chi connectivity index (χ1) is 28.8. The highest BCUT2D eigenvalue weighted by Crippen LogP contribution is 2.58. The molecule has 13 rings (SSSR count). The maximum atomic E-state index is 2.44. The lowest BCUT2D eigenvalue weighted by Crippen LogP contribution is -2.38. The lowest BCUT2D eigenvalue weighted by atomic mass is 9.69. The van der Waals surface area contributed by atoms with Crippen molar-refractivity contribution >= 4 is 43.8 Å². The van der Waals surface area contributed by atoms with E-state index in [9.17, 15) is 0 Å². The van der Waals surface area contributed by atoms with Crippen molar-refractivity contribution in [1.82, 2.24) is 0 Å². The Kier molecular flexibility index (Phi) is 6.77. The van der Waals surface area contributed by atoms with Crippen LogP contribution in [0.25, 0.3) is 43.8 Å². The van der Waals surface area contributed by atoms with Crippen LogP contribution in [0.2, 0.25) is 0 Å². The monoisotopic (exact) mass is 734 g/mol. The van der Waals surface area contributed by atoms with Gasteiger partial charge in [0.25, 0.3) is 0 Å². The molecule has 4 unspecified atom stereocenters. The van der Waals surface area contributed by atoms with Crippen LogP contribution in [0.15, 0.2) is 206 Å². The van der Waals surface area contributed by atoms with E-state index in [1.165, 1.54) is 109 Å². The highest BCUT2D eigenvalue weighted by molar-refractivity contribution is 6.02. The van der Waals surface area contributed by atoms with E-state index in [4.69, 9.17) is 0 Å². The molecule has 0 N–H and O–H groups in total. The summed E-state index contributed by atoms with van der Waals surface area (Å²) in [6, 6.07) is 78.2. The molecule has 0 heteroatoms. The van der Waals surface area contributed by atoms with E-state index in [0.717, 1.165) is 0 Å². The van der Waals surface area contributed by atoms with Crippen molar-refractivity contribution in [3.8, 4) is 0 Å². The van der Waals surface area contributed by atoms with Crippen LogP contribution >= 0.6 is 0 Å². The number of hydrogen-bond acceptors (Lipinski definition) is 0. The molecule has 9 aromatic rings. The Balaban J connectivity index is 1.08. The van der Waals surface area contributed by atoms with Gasteiger partial charge in [-0.3, -0.25) is 0 Å². The fourth-order valence-corrected chi connectivity index (χ4v) is 11.8. The fraction of sp³-hybridized carbons (Fsp3) is 0.0690. The summed E-state index contributed by atoms with van der Waals surface area (Å²) in [4.78, 5) is 0. The quantitative estimate of drug-likeness (QED) is 0.169. The zero-order valence-corrected chi connectivity index (χ0v) is 31.9. The molecule has 0 amide bonds. The van der Waals surface area contributed by atoms with Crippen molar-refractivity contribution < 1.29 is 0 Å². The van der Waals surface area contributed by atoms with Gasteiger partial charge in [-0.05, 0) is 109 Å². The summed E-state index contributed by atoms with van der Waals surface area (Å²) in [5, 5.41) is 10.9. The topological polar surface area (TPSA) is 0 Å². The first-order valence-electron chi connectivity index (χ1n) is 20.7. The Morgan fingerprint density at radius 2 is 0.466 bits per heavy atom. The smallest absolute Gasteiger partial charge is 0.0218 e. The minimum Gasteiger partial charge on any atom is -0.0622 e. The van der Waals surface area contributed by atoms with Crippen LogP contribution in [0, 0.1) is 0 Å². The summed E-state index contributed by atoms with van der Waals surface area (Å²) < 4.78 is 0. The number of fused-ring (bicyclic) bond motifs is 8. The fourth-order valence-electron chi connectivity index (χ4n) is 11.8. The van der Waals surface area contributed by atoms with Gasteiger partial charge in [-0.25, -0.2) is 0 Å². The lowest BCUT2D eigenvalue weighted by molar-refractivity contribution is 0.789. The SMILES string of the molecule is c1ccc(C2=c3ccccc3=C(c3ccc(C4=c5ccccc5=C(c5ccccc5)C5c6cccc7cccc(c67)C45)cc3)C3c4cccc5cccc(c45)C23)cc1. The van der Waals surface area contributed by atoms with Gasteiger partial charge in [-0.2, -0.15) is 0 Å². The molecule has 0 heterocycles. The van der Waals surface area contributed by atoms with Crippen molar-refractivity contribution in [3.63, 3.8) is 0 Å². The summed E-state index contributed by atoms with van der Waals surface area (Å²) in [6.45, 7) is 0. The molecular weight excluding hydrogens is 697 g/mol. The van der Waals surface area contributed by atoms with Crippen LogP contribution in [-0.4, -0.2) is 0 Å². The number of rotatable bonds is 4. The Labute approximate surface area is 337 Å². The first-order valence-corrected chi connectivity index (χ1v) is 20.7. The summed E-state index contributed by atoms with van der Waals surface area (Å²) in [5.41, 5.74) is 16.7. The predicted molar refractivity (Wildman–Crippen MR) is 240 cm³/mol. The third kappa shape index (κ3) is 4.35. The summed E-state index contributed by atoms with van der Waals surface area (Å²) in [5.74, 6) is 0.847. The van der Waals surface area contributed by atoms with Crippen molar-refractivity contribution in [1.29, 1.82) is 0 Å². The van der Waals surface area contributed by atoms with Gasteiger partial charge in [-0.15, -0.1) is 0 Å². The third-order valence-electron chi connectivity index (χ3n) is 13.9. The van der Waals surface area contributed by atoms with Crippen LogP contribution in [0.3, 0.4) is 0 Å². The molecule has 58 heavy (non-hydrogen) atoms. The van der Waals surface area contributed by atoms with Crippen LogP contribution in [0.5, 0.6) is 0 Å². The maximum Gasteiger partial charge on any atom is 0.0218 e. The van der Waals surface area contributed by atoms with E-state index in [2.05, 4.69) is 206 Å². The van der Waals surface area contributed by atoms with Crippen LogP contribution < -0.4 is 20.9 Å². The van der Waals surface area contributed by atoms with E-state index in [0.29, 0.717) is 0 Å². The van der Waals surface area contributed by atoms with Crippen molar-refractivity contribution in [2.24, 2.45) is 0 Å². The Morgan fingerprint density at radius 1 is 0.207 bits per heavy atom. The average Bonchev–Trinajstić information content (AvgIpc) is 3.80. The molecule has 0 saturated carbocycles. The molecule has 4 atom stereocenters. The molecule has 0 aromatic heterocycles. The van der Waals surface area contributed by atoms with Crippen molar-refractivity contribution in [2.75, 3.05) is 0 Å². The second kappa shape index (κ2) is 12.2. The van der Waals surface area contributed by atoms with E-state index in [-0.39, 0.29) is 23.7 Å².